The average molecular weight is 383 g/mol. The molecule has 1 aliphatic carbocycles. The molecule has 5 aromatic rings. The van der Waals surface area contributed by atoms with E-state index in [1.165, 1.54) is 54.6 Å². The van der Waals surface area contributed by atoms with E-state index in [-0.39, 0.29) is 0 Å². The van der Waals surface area contributed by atoms with E-state index in [0.29, 0.717) is 0 Å². The Morgan fingerprint density at radius 2 is 1.03 bits per heavy atom. The molecular formula is C30H22. The van der Waals surface area contributed by atoms with Crippen molar-refractivity contribution in [2.45, 2.75) is 12.8 Å². The van der Waals surface area contributed by atoms with Crippen LogP contribution in [0.2, 0.25) is 0 Å². The number of benzene rings is 5. The summed E-state index contributed by atoms with van der Waals surface area (Å²) in [7, 11) is 0. The highest BCUT2D eigenvalue weighted by atomic mass is 14.2. The van der Waals surface area contributed by atoms with Gasteiger partial charge in [-0.25, -0.2) is 0 Å². The molecule has 0 fully saturated rings. The second-order valence-corrected chi connectivity index (χ2v) is 8.01. The first-order chi connectivity index (χ1) is 14.9. The molecule has 0 radical (unpaired) electrons. The van der Waals surface area contributed by atoms with Gasteiger partial charge in [-0.3, -0.25) is 0 Å². The van der Waals surface area contributed by atoms with Gasteiger partial charge in [-0.1, -0.05) is 109 Å². The van der Waals surface area contributed by atoms with Crippen LogP contribution < -0.4 is 0 Å². The number of fused-ring (bicyclic) bond motifs is 3. The monoisotopic (exact) mass is 382 g/mol. The molecule has 0 bridgehead atoms. The molecule has 5 aromatic carbocycles. The first-order valence-electron chi connectivity index (χ1n) is 10.7. The standard InChI is InChI=1S/C30H22/c1-2-12-22(13-3-1)29-25-16-6-8-18-27(25)30(28-19-9-7-17-26(28)29)24-20-10-14-21-11-4-5-15-23(21)24/h2,4-20H,1,3H2. The third kappa shape index (κ3) is 2.61. The van der Waals surface area contributed by atoms with Gasteiger partial charge in [-0.2, -0.15) is 0 Å². The molecule has 0 unspecified atom stereocenters. The van der Waals surface area contributed by atoms with E-state index >= 15 is 0 Å². The van der Waals surface area contributed by atoms with Crippen LogP contribution in [-0.2, 0) is 0 Å². The van der Waals surface area contributed by atoms with Gasteiger partial charge >= 0.3 is 0 Å². The molecule has 1 aliphatic rings. The Bertz CT molecular complexity index is 1420. The summed E-state index contributed by atoms with van der Waals surface area (Å²) in [5.74, 6) is 0. The van der Waals surface area contributed by atoms with Crippen molar-refractivity contribution in [2.75, 3.05) is 0 Å². The minimum Gasteiger partial charge on any atom is -0.0836 e. The van der Waals surface area contributed by atoms with Crippen molar-refractivity contribution in [1.82, 2.24) is 0 Å². The molecule has 0 N–H and O–H groups in total. The number of hydrogen-bond donors (Lipinski definition) is 0. The van der Waals surface area contributed by atoms with Crippen molar-refractivity contribution >= 4 is 37.9 Å². The van der Waals surface area contributed by atoms with Crippen LogP contribution in [0.5, 0.6) is 0 Å². The van der Waals surface area contributed by atoms with Crippen LogP contribution in [0.15, 0.2) is 109 Å². The molecule has 142 valence electrons. The summed E-state index contributed by atoms with van der Waals surface area (Å²) in [6, 6.07) is 33.2. The Balaban J connectivity index is 1.82. The van der Waals surface area contributed by atoms with E-state index in [2.05, 4.69) is 109 Å². The Morgan fingerprint density at radius 1 is 0.467 bits per heavy atom. The SMILES string of the molecule is C1=CC(c2c3ccccc3c(-c3cccc4ccccc34)c3ccccc23)=CCC1. The minimum absolute atomic E-state index is 1.11. The van der Waals surface area contributed by atoms with Gasteiger partial charge in [-0.05, 0) is 67.4 Å². The van der Waals surface area contributed by atoms with Gasteiger partial charge in [0.05, 0.1) is 0 Å². The molecule has 0 saturated heterocycles. The van der Waals surface area contributed by atoms with Crippen LogP contribution in [0, 0.1) is 0 Å². The van der Waals surface area contributed by atoms with Gasteiger partial charge in [0, 0.05) is 0 Å². The lowest BCUT2D eigenvalue weighted by Crippen LogP contribution is -1.94. The molecule has 0 aliphatic heterocycles. The summed E-state index contributed by atoms with van der Waals surface area (Å²) in [6.07, 6.45) is 9.24. The normalized spacial score (nSPS) is 13.8. The van der Waals surface area contributed by atoms with Gasteiger partial charge in [0.25, 0.3) is 0 Å². The van der Waals surface area contributed by atoms with Crippen LogP contribution in [0.3, 0.4) is 0 Å². The van der Waals surface area contributed by atoms with Crippen molar-refractivity contribution in [3.63, 3.8) is 0 Å². The lowest BCUT2D eigenvalue weighted by atomic mass is 9.84. The number of allylic oxidation sites excluding steroid dienone is 4. The second-order valence-electron chi connectivity index (χ2n) is 8.01. The van der Waals surface area contributed by atoms with Gasteiger partial charge in [0.1, 0.15) is 0 Å². The van der Waals surface area contributed by atoms with Crippen LogP contribution in [-0.4, -0.2) is 0 Å². The predicted molar refractivity (Wildman–Crippen MR) is 131 cm³/mol. The summed E-state index contributed by atoms with van der Waals surface area (Å²) in [4.78, 5) is 0. The van der Waals surface area contributed by atoms with Crippen LogP contribution in [0.25, 0.3) is 49.0 Å². The maximum Gasteiger partial charge on any atom is -0.00201 e. The molecular weight excluding hydrogens is 360 g/mol. The quantitative estimate of drug-likeness (QED) is 0.268. The molecule has 0 nitrogen and oxygen atoms in total. The molecule has 0 saturated carbocycles. The zero-order valence-corrected chi connectivity index (χ0v) is 16.8. The molecule has 0 atom stereocenters. The maximum atomic E-state index is 2.39. The van der Waals surface area contributed by atoms with E-state index in [4.69, 9.17) is 0 Å². The summed E-state index contributed by atoms with van der Waals surface area (Å²) >= 11 is 0. The van der Waals surface area contributed by atoms with Crippen molar-refractivity contribution in [3.8, 4) is 11.1 Å². The van der Waals surface area contributed by atoms with Crippen molar-refractivity contribution in [2.24, 2.45) is 0 Å². The fourth-order valence-electron chi connectivity index (χ4n) is 4.97. The maximum absolute atomic E-state index is 2.39. The highest BCUT2D eigenvalue weighted by molar-refractivity contribution is 6.21. The molecule has 0 amide bonds. The Kier molecular flexibility index (Phi) is 4.02. The topological polar surface area (TPSA) is 0 Å². The van der Waals surface area contributed by atoms with E-state index in [0.717, 1.165) is 12.8 Å². The fourth-order valence-corrected chi connectivity index (χ4v) is 4.97. The molecule has 0 heterocycles. The smallest absolute Gasteiger partial charge is 0.00201 e. The van der Waals surface area contributed by atoms with Gasteiger partial charge in [0.15, 0.2) is 0 Å². The molecule has 0 heteroatoms. The van der Waals surface area contributed by atoms with Crippen LogP contribution >= 0.6 is 0 Å². The van der Waals surface area contributed by atoms with Crippen molar-refractivity contribution in [1.29, 1.82) is 0 Å². The Hall–Kier alpha value is -3.64. The van der Waals surface area contributed by atoms with E-state index in [1.807, 2.05) is 0 Å². The Labute approximate surface area is 176 Å². The highest BCUT2D eigenvalue weighted by Crippen LogP contribution is 2.44. The first kappa shape index (κ1) is 17.2. The zero-order chi connectivity index (χ0) is 19.9. The highest BCUT2D eigenvalue weighted by Gasteiger charge is 2.18. The van der Waals surface area contributed by atoms with Crippen LogP contribution in [0.1, 0.15) is 18.4 Å². The van der Waals surface area contributed by atoms with E-state index < -0.39 is 0 Å². The van der Waals surface area contributed by atoms with Gasteiger partial charge in [-0.15, -0.1) is 0 Å². The third-order valence-corrected chi connectivity index (χ3v) is 6.27. The summed E-state index contributed by atoms with van der Waals surface area (Å²) in [6.45, 7) is 0. The Morgan fingerprint density at radius 3 is 1.67 bits per heavy atom. The molecule has 0 aromatic heterocycles. The first-order valence-corrected chi connectivity index (χ1v) is 10.7. The summed E-state index contributed by atoms with van der Waals surface area (Å²) in [5, 5.41) is 7.89. The zero-order valence-electron chi connectivity index (χ0n) is 16.8. The molecule has 6 rings (SSSR count). The van der Waals surface area contributed by atoms with Crippen LogP contribution in [0.4, 0.5) is 0 Å². The minimum atomic E-state index is 1.11. The van der Waals surface area contributed by atoms with Crippen molar-refractivity contribution in [3.05, 3.63) is 115 Å². The fraction of sp³-hybridized carbons (Fsp3) is 0.0667. The number of hydrogen-bond acceptors (Lipinski definition) is 0. The molecule has 30 heavy (non-hydrogen) atoms. The summed E-state index contributed by atoms with van der Waals surface area (Å²) in [5.41, 5.74) is 5.35. The third-order valence-electron chi connectivity index (χ3n) is 6.27. The lowest BCUT2D eigenvalue weighted by Gasteiger charge is -2.20. The van der Waals surface area contributed by atoms with E-state index in [1.54, 1.807) is 0 Å². The second kappa shape index (κ2) is 7.00. The van der Waals surface area contributed by atoms with E-state index in [9.17, 15) is 0 Å². The largest absolute Gasteiger partial charge is 0.0836 e. The van der Waals surface area contributed by atoms with Gasteiger partial charge in [0.2, 0.25) is 0 Å². The number of rotatable bonds is 2. The average Bonchev–Trinajstić information content (AvgIpc) is 2.83. The molecule has 0 spiro atoms. The lowest BCUT2D eigenvalue weighted by molar-refractivity contribution is 1.04. The summed E-state index contributed by atoms with van der Waals surface area (Å²) < 4.78 is 0. The predicted octanol–water partition coefficient (Wildman–Crippen LogP) is 8.55. The van der Waals surface area contributed by atoms with Crippen molar-refractivity contribution < 1.29 is 0 Å². The van der Waals surface area contributed by atoms with Gasteiger partial charge < -0.3 is 0 Å².